The molecule has 65 heavy (non-hydrogen) atoms. The number of para-hydroxylation sites is 2. The zero-order valence-corrected chi connectivity index (χ0v) is 35.3. The van der Waals surface area contributed by atoms with E-state index >= 15 is 0 Å². The van der Waals surface area contributed by atoms with E-state index in [0.717, 1.165) is 49.3 Å². The van der Waals surface area contributed by atoms with Gasteiger partial charge in [-0.25, -0.2) is 4.85 Å². The molecule has 12 rings (SSSR count). The van der Waals surface area contributed by atoms with Crippen LogP contribution in [0.4, 0.5) is 5.69 Å². The number of hydrogen-bond acceptors (Lipinski definition) is 3. The predicted molar refractivity (Wildman–Crippen MR) is 262 cm³/mol. The average Bonchev–Trinajstić information content (AvgIpc) is 4.03. The number of nitriles is 3. The molecular weight excluding hydrogens is 795 g/mol. The molecule has 0 saturated heterocycles. The van der Waals surface area contributed by atoms with Crippen molar-refractivity contribution in [2.45, 2.75) is 37.5 Å². The lowest BCUT2D eigenvalue weighted by atomic mass is 9.72. The van der Waals surface area contributed by atoms with Crippen LogP contribution < -0.4 is 0 Å². The first kappa shape index (κ1) is 39.0. The van der Waals surface area contributed by atoms with Gasteiger partial charge >= 0.3 is 0 Å². The molecule has 0 bridgehead atoms. The Morgan fingerprint density at radius 3 is 1.34 bits per heavy atom. The molecule has 2 atom stereocenters. The van der Waals surface area contributed by atoms with Gasteiger partial charge in [0, 0.05) is 49.3 Å². The van der Waals surface area contributed by atoms with E-state index in [4.69, 9.17) is 11.8 Å². The van der Waals surface area contributed by atoms with Crippen LogP contribution in [0.25, 0.3) is 81.6 Å². The first-order chi connectivity index (χ1) is 32.0. The number of aromatic nitrogens is 3. The molecule has 0 spiro atoms. The minimum Gasteiger partial charge on any atom is -0.355 e. The van der Waals surface area contributed by atoms with E-state index in [1.165, 1.54) is 64.3 Å². The van der Waals surface area contributed by atoms with Crippen LogP contribution >= 0.6 is 0 Å². The van der Waals surface area contributed by atoms with E-state index in [0.29, 0.717) is 34.2 Å². The van der Waals surface area contributed by atoms with Crippen molar-refractivity contribution < 1.29 is 0 Å². The molecule has 0 amide bonds. The SMILES string of the molecule is N#Cc1ccc2c(c1)c1cc(C#N)ccc1n2-c1ccc(C2CCCC[C@@H]2c2ccc(-n3c4ccccc4c4ccccc43)cc2)cc1.[C-]#[N+]c1ccc2[nH]c3ccc(C#N)cc3c2c1. The fourth-order valence-corrected chi connectivity index (χ4v) is 10.3. The van der Waals surface area contributed by atoms with Crippen LogP contribution in [-0.2, 0) is 0 Å². The van der Waals surface area contributed by atoms with E-state index in [9.17, 15) is 10.5 Å². The molecule has 1 aliphatic rings. The molecule has 8 aromatic carbocycles. The predicted octanol–water partition coefficient (Wildman–Crippen LogP) is 14.8. The first-order valence-electron chi connectivity index (χ1n) is 21.9. The molecule has 7 heteroatoms. The minimum absolute atomic E-state index is 0.460. The summed E-state index contributed by atoms with van der Waals surface area (Å²) in [6.45, 7) is 7.02. The molecule has 1 N–H and O–H groups in total. The molecule has 3 heterocycles. The number of nitrogens with one attached hydrogen (secondary N) is 1. The van der Waals surface area contributed by atoms with E-state index in [1.54, 1.807) is 12.1 Å². The summed E-state index contributed by atoms with van der Waals surface area (Å²) < 4.78 is 4.64. The summed E-state index contributed by atoms with van der Waals surface area (Å²) in [4.78, 5) is 6.69. The smallest absolute Gasteiger partial charge is 0.188 e. The van der Waals surface area contributed by atoms with Crippen molar-refractivity contribution in [3.63, 3.8) is 0 Å². The molecule has 1 aliphatic carbocycles. The number of H-pyrrole nitrogens is 1. The third-order valence-electron chi connectivity index (χ3n) is 13.4. The van der Waals surface area contributed by atoms with Crippen molar-refractivity contribution in [3.8, 4) is 29.6 Å². The van der Waals surface area contributed by atoms with Crippen LogP contribution in [0.2, 0.25) is 0 Å². The van der Waals surface area contributed by atoms with Crippen LogP contribution in [0.3, 0.4) is 0 Å². The van der Waals surface area contributed by atoms with Crippen molar-refractivity contribution in [1.82, 2.24) is 14.1 Å². The van der Waals surface area contributed by atoms with Crippen molar-refractivity contribution in [2.24, 2.45) is 0 Å². The number of fused-ring (bicyclic) bond motifs is 9. The highest BCUT2D eigenvalue weighted by molar-refractivity contribution is 6.11. The van der Waals surface area contributed by atoms with Crippen LogP contribution in [-0.4, -0.2) is 14.1 Å². The maximum Gasteiger partial charge on any atom is 0.188 e. The highest BCUT2D eigenvalue weighted by atomic mass is 15.0. The van der Waals surface area contributed by atoms with Crippen LogP contribution in [0.1, 0.15) is 65.3 Å². The lowest BCUT2D eigenvalue weighted by molar-refractivity contribution is 0.386. The minimum atomic E-state index is 0.460. The van der Waals surface area contributed by atoms with Gasteiger partial charge in [0.05, 0.1) is 63.5 Å². The highest BCUT2D eigenvalue weighted by Gasteiger charge is 2.28. The summed E-state index contributed by atoms with van der Waals surface area (Å²) in [5, 5.41) is 34.6. The normalized spacial score (nSPS) is 14.8. The van der Waals surface area contributed by atoms with Gasteiger partial charge in [-0.05, 0) is 144 Å². The maximum absolute atomic E-state index is 9.57. The van der Waals surface area contributed by atoms with E-state index < -0.39 is 0 Å². The molecule has 0 aliphatic heterocycles. The third kappa shape index (κ3) is 6.72. The van der Waals surface area contributed by atoms with Crippen molar-refractivity contribution in [1.29, 1.82) is 15.8 Å². The zero-order valence-electron chi connectivity index (χ0n) is 35.3. The van der Waals surface area contributed by atoms with E-state index in [1.807, 2.05) is 60.7 Å². The van der Waals surface area contributed by atoms with Crippen molar-refractivity contribution >= 4 is 71.1 Å². The second-order valence-corrected chi connectivity index (χ2v) is 16.9. The Morgan fingerprint density at radius 1 is 0.446 bits per heavy atom. The molecule has 0 radical (unpaired) electrons. The quantitative estimate of drug-likeness (QED) is 0.179. The van der Waals surface area contributed by atoms with Crippen molar-refractivity contribution in [2.75, 3.05) is 0 Å². The molecule has 306 valence electrons. The summed E-state index contributed by atoms with van der Waals surface area (Å²) in [7, 11) is 0. The Bertz CT molecular complexity index is 3640. The van der Waals surface area contributed by atoms with Gasteiger partial charge in [-0.1, -0.05) is 79.6 Å². The number of aromatic amines is 1. The first-order valence-corrected chi connectivity index (χ1v) is 21.9. The standard InChI is InChI=1S/C44H32N4.C14H7N3/c45-27-29-13-23-43-39(25-29)40-26-30(28-46)14-24-44(40)48(43)34-21-17-32(18-22-34)36-8-2-1-7-35(36)31-15-19-33(20-16-31)47-41-11-5-3-9-37(41)38-10-4-6-12-42(38)47;1-16-10-3-5-14-12(7-10)11-6-9(8-15)2-4-13(11)17-14/h3-6,9-26,35-36H,1-2,7-8H2;2-7,17H/t35-,36?;/m1./s1. The van der Waals surface area contributed by atoms with Gasteiger partial charge in [-0.15, -0.1) is 0 Å². The Hall–Kier alpha value is -8.88. The van der Waals surface area contributed by atoms with Gasteiger partial charge in [-0.3, -0.25) is 0 Å². The van der Waals surface area contributed by atoms with Crippen LogP contribution in [0, 0.1) is 40.6 Å². The largest absolute Gasteiger partial charge is 0.355 e. The monoisotopic (exact) mass is 833 g/mol. The average molecular weight is 834 g/mol. The van der Waals surface area contributed by atoms with Gasteiger partial charge in [0.25, 0.3) is 0 Å². The summed E-state index contributed by atoms with van der Waals surface area (Å²) in [6, 6.07) is 65.2. The molecule has 1 unspecified atom stereocenters. The van der Waals surface area contributed by atoms with Gasteiger partial charge < -0.3 is 14.1 Å². The second-order valence-electron chi connectivity index (χ2n) is 16.9. The van der Waals surface area contributed by atoms with Crippen LogP contribution in [0.15, 0.2) is 170 Å². The summed E-state index contributed by atoms with van der Waals surface area (Å²) in [6.07, 6.45) is 4.88. The second kappa shape index (κ2) is 16.1. The Balaban J connectivity index is 0.000000231. The number of nitrogens with zero attached hydrogens (tertiary/aromatic N) is 6. The lowest BCUT2D eigenvalue weighted by Crippen LogP contribution is -2.16. The molecule has 3 aromatic heterocycles. The fraction of sp³-hybridized carbons (Fsp3) is 0.103. The topological polar surface area (TPSA) is 101 Å². The molecule has 11 aromatic rings. The van der Waals surface area contributed by atoms with Gasteiger partial charge in [0.15, 0.2) is 5.69 Å². The molecule has 7 nitrogen and oxygen atoms in total. The van der Waals surface area contributed by atoms with E-state index in [2.05, 4.69) is 134 Å². The third-order valence-corrected chi connectivity index (χ3v) is 13.4. The molecule has 1 saturated carbocycles. The number of hydrogen-bond donors (Lipinski definition) is 1. The van der Waals surface area contributed by atoms with Gasteiger partial charge in [-0.2, -0.15) is 15.8 Å². The van der Waals surface area contributed by atoms with Crippen molar-refractivity contribution in [3.05, 3.63) is 209 Å². The zero-order chi connectivity index (χ0) is 44.0. The summed E-state index contributed by atoms with van der Waals surface area (Å²) in [5.41, 5.74) is 14.1. The van der Waals surface area contributed by atoms with E-state index in [-0.39, 0.29) is 0 Å². The van der Waals surface area contributed by atoms with Gasteiger partial charge in [0.2, 0.25) is 0 Å². The summed E-state index contributed by atoms with van der Waals surface area (Å²) in [5.74, 6) is 0.931. The maximum atomic E-state index is 9.57. The number of rotatable bonds is 4. The fourth-order valence-electron chi connectivity index (χ4n) is 10.3. The Kier molecular flexibility index (Phi) is 9.66. The summed E-state index contributed by atoms with van der Waals surface area (Å²) >= 11 is 0. The lowest BCUT2D eigenvalue weighted by Gasteiger charge is -2.32. The van der Waals surface area contributed by atoms with Gasteiger partial charge in [0.1, 0.15) is 0 Å². The van der Waals surface area contributed by atoms with Crippen LogP contribution in [0.5, 0.6) is 0 Å². The molecule has 1 fully saturated rings. The Morgan fingerprint density at radius 2 is 0.862 bits per heavy atom. The molecular formula is C58H39N7. The number of benzene rings is 8. The highest BCUT2D eigenvalue weighted by Crippen LogP contribution is 2.45. The Labute approximate surface area is 375 Å².